The molecule has 0 spiro atoms. The third kappa shape index (κ3) is 2.91. The van der Waals surface area contributed by atoms with Gasteiger partial charge in [-0.05, 0) is 43.5 Å². The van der Waals surface area contributed by atoms with Crippen LogP contribution in [0.1, 0.15) is 38.2 Å². The van der Waals surface area contributed by atoms with Crippen molar-refractivity contribution < 1.29 is 4.74 Å². The zero-order valence-electron chi connectivity index (χ0n) is 10.8. The summed E-state index contributed by atoms with van der Waals surface area (Å²) >= 11 is 0. The van der Waals surface area contributed by atoms with Gasteiger partial charge in [0.25, 0.3) is 0 Å². The summed E-state index contributed by atoms with van der Waals surface area (Å²) in [5.41, 5.74) is 8.22. The average molecular weight is 234 g/mol. The molecule has 1 aromatic rings. The largest absolute Gasteiger partial charge is 0.497 e. The maximum absolute atomic E-state index is 5.98. The monoisotopic (exact) mass is 234 g/mol. The number of nitrogens with one attached hydrogen (secondary N) is 1. The van der Waals surface area contributed by atoms with Crippen LogP contribution < -0.4 is 15.8 Å². The summed E-state index contributed by atoms with van der Waals surface area (Å²) in [5, 5.41) is 3.63. The smallest absolute Gasteiger partial charge is 0.119 e. The van der Waals surface area contributed by atoms with E-state index in [9.17, 15) is 0 Å². The van der Waals surface area contributed by atoms with Crippen LogP contribution in [0.25, 0.3) is 0 Å². The Morgan fingerprint density at radius 2 is 2.06 bits per heavy atom. The Morgan fingerprint density at radius 3 is 2.71 bits per heavy atom. The minimum atomic E-state index is 0.287. The Morgan fingerprint density at radius 1 is 1.35 bits per heavy atom. The molecule has 0 bridgehead atoms. The van der Waals surface area contributed by atoms with E-state index in [4.69, 9.17) is 10.5 Å². The third-order valence-electron chi connectivity index (χ3n) is 3.76. The number of benzene rings is 1. The lowest BCUT2D eigenvalue weighted by Gasteiger charge is -2.25. The third-order valence-corrected chi connectivity index (χ3v) is 3.76. The fraction of sp³-hybridized carbons (Fsp3) is 0.571. The first-order chi connectivity index (χ1) is 8.13. The lowest BCUT2D eigenvalue weighted by molar-refractivity contribution is 0.362. The van der Waals surface area contributed by atoms with Crippen molar-refractivity contribution in [2.45, 2.75) is 44.7 Å². The fourth-order valence-electron chi connectivity index (χ4n) is 2.50. The van der Waals surface area contributed by atoms with Crippen molar-refractivity contribution in [1.82, 2.24) is 5.32 Å². The van der Waals surface area contributed by atoms with Crippen LogP contribution in [0, 0.1) is 0 Å². The molecule has 0 saturated heterocycles. The number of hydrogen-bond donors (Lipinski definition) is 2. The number of nitrogen functional groups attached to an aromatic ring is 1. The van der Waals surface area contributed by atoms with Crippen LogP contribution >= 0.6 is 0 Å². The molecule has 3 N–H and O–H groups in total. The maximum Gasteiger partial charge on any atom is 0.119 e. The van der Waals surface area contributed by atoms with Gasteiger partial charge in [0.15, 0.2) is 0 Å². The van der Waals surface area contributed by atoms with E-state index < -0.39 is 0 Å². The minimum absolute atomic E-state index is 0.287. The molecule has 2 rings (SSSR count). The highest BCUT2D eigenvalue weighted by Gasteiger charge is 2.27. The molecule has 0 amide bonds. The minimum Gasteiger partial charge on any atom is -0.497 e. The highest BCUT2D eigenvalue weighted by Crippen LogP contribution is 2.30. The van der Waals surface area contributed by atoms with Gasteiger partial charge in [-0.2, -0.15) is 0 Å². The van der Waals surface area contributed by atoms with E-state index in [1.807, 2.05) is 18.2 Å². The standard InChI is InChI=1S/C14H22N2O/c1-14(7-3-4-8-14)16-10-11-9-12(17-2)5-6-13(11)15/h5-6,9,16H,3-4,7-8,10,15H2,1-2H3. The van der Waals surface area contributed by atoms with Crippen molar-refractivity contribution in [2.75, 3.05) is 12.8 Å². The Balaban J connectivity index is 2.02. The van der Waals surface area contributed by atoms with Crippen LogP contribution in [0.3, 0.4) is 0 Å². The Bertz CT molecular complexity index is 384. The number of methoxy groups -OCH3 is 1. The van der Waals surface area contributed by atoms with E-state index in [1.165, 1.54) is 25.7 Å². The molecule has 1 aliphatic rings. The first kappa shape index (κ1) is 12.2. The SMILES string of the molecule is COc1ccc(N)c(CNC2(C)CCCC2)c1. The van der Waals surface area contributed by atoms with E-state index in [0.717, 1.165) is 23.5 Å². The molecule has 0 aromatic heterocycles. The van der Waals surface area contributed by atoms with Gasteiger partial charge in [0, 0.05) is 17.8 Å². The topological polar surface area (TPSA) is 47.3 Å². The molecule has 1 fully saturated rings. The molecule has 1 saturated carbocycles. The van der Waals surface area contributed by atoms with Gasteiger partial charge in [0.2, 0.25) is 0 Å². The van der Waals surface area contributed by atoms with Crippen LogP contribution in [0.2, 0.25) is 0 Å². The summed E-state index contributed by atoms with van der Waals surface area (Å²) in [5.74, 6) is 0.868. The van der Waals surface area contributed by atoms with Crippen molar-refractivity contribution in [1.29, 1.82) is 0 Å². The summed E-state index contributed by atoms with van der Waals surface area (Å²) in [6.07, 6.45) is 5.18. The second kappa shape index (κ2) is 4.96. The molecule has 3 heteroatoms. The van der Waals surface area contributed by atoms with Gasteiger partial charge >= 0.3 is 0 Å². The van der Waals surface area contributed by atoms with Crippen LogP contribution in [0.15, 0.2) is 18.2 Å². The Kier molecular flexibility index (Phi) is 3.57. The number of nitrogens with two attached hydrogens (primary N) is 1. The molecule has 1 aromatic carbocycles. The molecule has 94 valence electrons. The second-order valence-corrected chi connectivity index (χ2v) is 5.19. The Labute approximate surface area is 103 Å². The first-order valence-corrected chi connectivity index (χ1v) is 6.30. The van der Waals surface area contributed by atoms with Crippen LogP contribution in [-0.2, 0) is 6.54 Å². The summed E-state index contributed by atoms with van der Waals surface area (Å²) in [6.45, 7) is 3.12. The normalized spacial score (nSPS) is 18.2. The van der Waals surface area contributed by atoms with E-state index in [2.05, 4.69) is 12.2 Å². The summed E-state index contributed by atoms with van der Waals surface area (Å²) in [4.78, 5) is 0. The lowest BCUT2D eigenvalue weighted by atomic mass is 10.00. The molecule has 3 nitrogen and oxygen atoms in total. The molecule has 1 aliphatic carbocycles. The summed E-state index contributed by atoms with van der Waals surface area (Å²) in [6, 6.07) is 5.82. The van der Waals surface area contributed by atoms with E-state index >= 15 is 0 Å². The van der Waals surface area contributed by atoms with Crippen molar-refractivity contribution in [2.24, 2.45) is 0 Å². The molecule has 0 radical (unpaired) electrons. The van der Waals surface area contributed by atoms with Crippen molar-refractivity contribution in [3.8, 4) is 5.75 Å². The summed E-state index contributed by atoms with van der Waals surface area (Å²) in [7, 11) is 1.68. The van der Waals surface area contributed by atoms with Crippen molar-refractivity contribution >= 4 is 5.69 Å². The van der Waals surface area contributed by atoms with Gasteiger partial charge in [-0.25, -0.2) is 0 Å². The number of rotatable bonds is 4. The van der Waals surface area contributed by atoms with Crippen LogP contribution in [0.5, 0.6) is 5.75 Å². The van der Waals surface area contributed by atoms with E-state index in [1.54, 1.807) is 7.11 Å². The lowest BCUT2D eigenvalue weighted by Crippen LogP contribution is -2.38. The number of hydrogen-bond acceptors (Lipinski definition) is 3. The molecule has 0 atom stereocenters. The maximum atomic E-state index is 5.98. The molecular weight excluding hydrogens is 212 g/mol. The zero-order valence-corrected chi connectivity index (χ0v) is 10.8. The fourth-order valence-corrected chi connectivity index (χ4v) is 2.50. The van der Waals surface area contributed by atoms with Crippen molar-refractivity contribution in [3.05, 3.63) is 23.8 Å². The van der Waals surface area contributed by atoms with Gasteiger partial charge in [-0.1, -0.05) is 12.8 Å². The second-order valence-electron chi connectivity index (χ2n) is 5.19. The predicted molar refractivity (Wildman–Crippen MR) is 71.1 cm³/mol. The average Bonchev–Trinajstić information content (AvgIpc) is 2.76. The highest BCUT2D eigenvalue weighted by molar-refractivity contribution is 5.50. The zero-order chi connectivity index (χ0) is 12.3. The number of anilines is 1. The van der Waals surface area contributed by atoms with E-state index in [-0.39, 0.29) is 5.54 Å². The highest BCUT2D eigenvalue weighted by atomic mass is 16.5. The quantitative estimate of drug-likeness (QED) is 0.787. The van der Waals surface area contributed by atoms with Crippen molar-refractivity contribution in [3.63, 3.8) is 0 Å². The molecular formula is C14H22N2O. The number of ether oxygens (including phenoxy) is 1. The van der Waals surface area contributed by atoms with Gasteiger partial charge < -0.3 is 15.8 Å². The Hall–Kier alpha value is -1.22. The first-order valence-electron chi connectivity index (χ1n) is 6.30. The van der Waals surface area contributed by atoms with Gasteiger partial charge in [0.1, 0.15) is 5.75 Å². The van der Waals surface area contributed by atoms with E-state index in [0.29, 0.717) is 0 Å². The molecule has 0 aliphatic heterocycles. The van der Waals surface area contributed by atoms with Gasteiger partial charge in [-0.3, -0.25) is 0 Å². The summed E-state index contributed by atoms with van der Waals surface area (Å²) < 4.78 is 5.22. The molecule has 0 unspecified atom stereocenters. The predicted octanol–water partition coefficient (Wildman–Crippen LogP) is 2.70. The van der Waals surface area contributed by atoms with Crippen LogP contribution in [-0.4, -0.2) is 12.6 Å². The van der Waals surface area contributed by atoms with Crippen LogP contribution in [0.4, 0.5) is 5.69 Å². The molecule has 17 heavy (non-hydrogen) atoms. The van der Waals surface area contributed by atoms with Gasteiger partial charge in [-0.15, -0.1) is 0 Å². The molecule has 0 heterocycles. The van der Waals surface area contributed by atoms with Gasteiger partial charge in [0.05, 0.1) is 7.11 Å².